The molecular weight excluding hydrogens is 252 g/mol. The first-order valence-electron chi connectivity index (χ1n) is 7.52. The van der Waals surface area contributed by atoms with E-state index in [9.17, 15) is 0 Å². The highest BCUT2D eigenvalue weighted by molar-refractivity contribution is 5.16. The molecule has 0 unspecified atom stereocenters. The molecule has 20 heavy (non-hydrogen) atoms. The normalized spacial score (nSPS) is 12.0. The fourth-order valence-electron chi connectivity index (χ4n) is 2.15. The van der Waals surface area contributed by atoms with Crippen LogP contribution in [0, 0.1) is 5.92 Å². The lowest BCUT2D eigenvalue weighted by Crippen LogP contribution is -2.31. The highest BCUT2D eigenvalue weighted by atomic mass is 16.5. The lowest BCUT2D eigenvalue weighted by atomic mass is 10.2. The highest BCUT2D eigenvalue weighted by Crippen LogP contribution is 2.14. The van der Waals surface area contributed by atoms with Crippen LogP contribution in [0.4, 0.5) is 0 Å². The van der Waals surface area contributed by atoms with E-state index < -0.39 is 0 Å². The summed E-state index contributed by atoms with van der Waals surface area (Å²) in [6, 6.07) is 2.55. The smallest absolute Gasteiger partial charge is 0.122 e. The number of methoxy groups -OCH3 is 1. The molecule has 0 spiro atoms. The standard InChI is InChI=1S/C16H30N2O2/c1-13(2)11-18(7-9-19-5)12-16-15(6-8-20-16)10-17-14(3)4/h6,8,13-14,17H,7,9-12H2,1-5H3. The summed E-state index contributed by atoms with van der Waals surface area (Å²) in [6.45, 7) is 13.3. The second-order valence-corrected chi connectivity index (χ2v) is 6.03. The van der Waals surface area contributed by atoms with Gasteiger partial charge in [0, 0.05) is 38.3 Å². The lowest BCUT2D eigenvalue weighted by Gasteiger charge is -2.23. The van der Waals surface area contributed by atoms with Gasteiger partial charge in [-0.2, -0.15) is 0 Å². The van der Waals surface area contributed by atoms with Crippen LogP contribution in [0.25, 0.3) is 0 Å². The topological polar surface area (TPSA) is 37.6 Å². The van der Waals surface area contributed by atoms with Crippen LogP contribution in [0.5, 0.6) is 0 Å². The lowest BCUT2D eigenvalue weighted by molar-refractivity contribution is 0.130. The van der Waals surface area contributed by atoms with Gasteiger partial charge in [0.25, 0.3) is 0 Å². The van der Waals surface area contributed by atoms with Crippen LogP contribution in [0.1, 0.15) is 39.0 Å². The zero-order valence-electron chi connectivity index (χ0n) is 13.6. The van der Waals surface area contributed by atoms with E-state index in [4.69, 9.17) is 9.15 Å². The quantitative estimate of drug-likeness (QED) is 0.716. The van der Waals surface area contributed by atoms with Gasteiger partial charge < -0.3 is 14.5 Å². The fourth-order valence-corrected chi connectivity index (χ4v) is 2.15. The van der Waals surface area contributed by atoms with Gasteiger partial charge >= 0.3 is 0 Å². The Kier molecular flexibility index (Phi) is 7.88. The monoisotopic (exact) mass is 282 g/mol. The maximum Gasteiger partial charge on any atom is 0.122 e. The van der Waals surface area contributed by atoms with Crippen LogP contribution in [0.3, 0.4) is 0 Å². The van der Waals surface area contributed by atoms with E-state index in [1.54, 1.807) is 13.4 Å². The summed E-state index contributed by atoms with van der Waals surface area (Å²) in [6.07, 6.45) is 1.79. The molecule has 1 aromatic rings. The third-order valence-corrected chi connectivity index (χ3v) is 3.14. The molecule has 0 bridgehead atoms. The summed E-state index contributed by atoms with van der Waals surface area (Å²) in [5.41, 5.74) is 1.25. The second-order valence-electron chi connectivity index (χ2n) is 6.03. The predicted octanol–water partition coefficient (Wildman–Crippen LogP) is 2.88. The highest BCUT2D eigenvalue weighted by Gasteiger charge is 2.13. The van der Waals surface area contributed by atoms with Gasteiger partial charge in [0.1, 0.15) is 5.76 Å². The van der Waals surface area contributed by atoms with Gasteiger partial charge in [0.05, 0.1) is 19.4 Å². The molecule has 0 aliphatic rings. The number of nitrogens with zero attached hydrogens (tertiary/aromatic N) is 1. The zero-order chi connectivity index (χ0) is 15.0. The molecule has 1 heterocycles. The van der Waals surface area contributed by atoms with E-state index in [0.29, 0.717) is 12.0 Å². The number of hydrogen-bond donors (Lipinski definition) is 1. The Morgan fingerprint density at radius 2 is 2.05 bits per heavy atom. The van der Waals surface area contributed by atoms with Crippen molar-refractivity contribution in [3.8, 4) is 0 Å². The van der Waals surface area contributed by atoms with E-state index in [-0.39, 0.29) is 0 Å². The maximum atomic E-state index is 5.67. The van der Waals surface area contributed by atoms with Crippen molar-refractivity contribution in [3.05, 3.63) is 23.7 Å². The Bertz CT molecular complexity index is 361. The number of furan rings is 1. The molecule has 0 atom stereocenters. The van der Waals surface area contributed by atoms with Crippen molar-refractivity contribution in [3.63, 3.8) is 0 Å². The Morgan fingerprint density at radius 1 is 1.30 bits per heavy atom. The van der Waals surface area contributed by atoms with E-state index in [2.05, 4.69) is 44.0 Å². The molecule has 0 fully saturated rings. The summed E-state index contributed by atoms with van der Waals surface area (Å²) in [4.78, 5) is 2.39. The number of ether oxygens (including phenoxy) is 1. The minimum absolute atomic E-state index is 0.484. The van der Waals surface area contributed by atoms with E-state index in [1.807, 2.05) is 0 Å². The molecule has 0 aliphatic heterocycles. The molecule has 1 rings (SSSR count). The van der Waals surface area contributed by atoms with Crippen molar-refractivity contribution in [1.82, 2.24) is 10.2 Å². The average Bonchev–Trinajstić information content (AvgIpc) is 2.80. The Balaban J connectivity index is 2.60. The number of hydrogen-bond acceptors (Lipinski definition) is 4. The molecule has 4 heteroatoms. The minimum Gasteiger partial charge on any atom is -0.468 e. The summed E-state index contributed by atoms with van der Waals surface area (Å²) in [5, 5.41) is 3.44. The Morgan fingerprint density at radius 3 is 2.65 bits per heavy atom. The van der Waals surface area contributed by atoms with Crippen molar-refractivity contribution >= 4 is 0 Å². The molecule has 1 aromatic heterocycles. The SMILES string of the molecule is COCCN(Cc1occc1CNC(C)C)CC(C)C. The molecule has 4 nitrogen and oxygen atoms in total. The maximum absolute atomic E-state index is 5.67. The third-order valence-electron chi connectivity index (χ3n) is 3.14. The minimum atomic E-state index is 0.484. The summed E-state index contributed by atoms with van der Waals surface area (Å²) < 4.78 is 10.9. The van der Waals surface area contributed by atoms with Crippen molar-refractivity contribution in [1.29, 1.82) is 0 Å². The average molecular weight is 282 g/mol. The first kappa shape index (κ1) is 17.2. The van der Waals surface area contributed by atoms with Crippen LogP contribution >= 0.6 is 0 Å². The van der Waals surface area contributed by atoms with Gasteiger partial charge in [-0.1, -0.05) is 27.7 Å². The van der Waals surface area contributed by atoms with Gasteiger partial charge in [-0.05, 0) is 12.0 Å². The third kappa shape index (κ3) is 6.55. The largest absolute Gasteiger partial charge is 0.468 e. The Labute approximate surface area is 123 Å². The second kappa shape index (κ2) is 9.16. The summed E-state index contributed by atoms with van der Waals surface area (Å²) >= 11 is 0. The van der Waals surface area contributed by atoms with E-state index >= 15 is 0 Å². The van der Waals surface area contributed by atoms with Gasteiger partial charge in [-0.25, -0.2) is 0 Å². The number of rotatable bonds is 10. The summed E-state index contributed by atoms with van der Waals surface area (Å²) in [7, 11) is 1.75. The molecule has 0 aromatic carbocycles. The summed E-state index contributed by atoms with van der Waals surface area (Å²) in [5.74, 6) is 1.70. The molecule has 0 saturated heterocycles. The molecule has 1 N–H and O–H groups in total. The van der Waals surface area contributed by atoms with Crippen LogP contribution in [-0.4, -0.2) is 37.7 Å². The van der Waals surface area contributed by atoms with Crippen molar-refractivity contribution in [2.75, 3.05) is 26.8 Å². The molecule has 0 amide bonds. The fraction of sp³-hybridized carbons (Fsp3) is 0.750. The molecule has 0 aliphatic carbocycles. The Hall–Kier alpha value is -0.840. The van der Waals surface area contributed by atoms with Gasteiger partial charge in [0.15, 0.2) is 0 Å². The first-order chi connectivity index (χ1) is 9.52. The van der Waals surface area contributed by atoms with Gasteiger partial charge in [0.2, 0.25) is 0 Å². The molecule has 0 radical (unpaired) electrons. The molecule has 0 saturated carbocycles. The molecule has 116 valence electrons. The van der Waals surface area contributed by atoms with Crippen molar-refractivity contribution < 1.29 is 9.15 Å². The van der Waals surface area contributed by atoms with Gasteiger partial charge in [-0.3, -0.25) is 4.90 Å². The zero-order valence-corrected chi connectivity index (χ0v) is 13.6. The first-order valence-corrected chi connectivity index (χ1v) is 7.52. The van der Waals surface area contributed by atoms with Crippen LogP contribution in [0.15, 0.2) is 16.7 Å². The molecular formula is C16H30N2O2. The van der Waals surface area contributed by atoms with Crippen molar-refractivity contribution in [2.24, 2.45) is 5.92 Å². The van der Waals surface area contributed by atoms with Gasteiger partial charge in [-0.15, -0.1) is 0 Å². The number of nitrogens with one attached hydrogen (secondary N) is 1. The predicted molar refractivity (Wildman–Crippen MR) is 82.7 cm³/mol. The van der Waals surface area contributed by atoms with E-state index in [0.717, 1.165) is 38.5 Å². The van der Waals surface area contributed by atoms with Crippen LogP contribution in [0.2, 0.25) is 0 Å². The van der Waals surface area contributed by atoms with E-state index in [1.165, 1.54) is 5.56 Å². The van der Waals surface area contributed by atoms with Crippen LogP contribution < -0.4 is 5.32 Å². The van der Waals surface area contributed by atoms with Crippen molar-refractivity contribution in [2.45, 2.75) is 46.8 Å². The van der Waals surface area contributed by atoms with Crippen LogP contribution in [-0.2, 0) is 17.8 Å².